The summed E-state index contributed by atoms with van der Waals surface area (Å²) in [5.74, 6) is 0.00518. The van der Waals surface area contributed by atoms with E-state index in [4.69, 9.17) is 16.3 Å². The zero-order valence-corrected chi connectivity index (χ0v) is 11.5. The average Bonchev–Trinajstić information content (AvgIpc) is 2.41. The molecule has 0 saturated carbocycles. The third-order valence-electron chi connectivity index (χ3n) is 2.49. The second-order valence-electron chi connectivity index (χ2n) is 4.09. The number of rotatable bonds is 3. The maximum atomic E-state index is 12.0. The molecule has 0 N–H and O–H groups in total. The maximum absolute atomic E-state index is 12.0. The van der Waals surface area contributed by atoms with Gasteiger partial charge in [0, 0.05) is 29.6 Å². The lowest BCUT2D eigenvalue weighted by atomic mass is 10.2. The first-order valence-electron chi connectivity index (χ1n) is 5.90. The molecule has 0 amide bonds. The molecule has 0 atom stereocenters. The standard InChI is InChI=1S/C15H12ClNO3/c1-11(18)20-15-8-6-14(7-9-15)17(19)10-12-2-4-13(16)5-3-12/h2-10H,1H3. The van der Waals surface area contributed by atoms with Crippen LogP contribution in [0.2, 0.25) is 5.02 Å². The van der Waals surface area contributed by atoms with Gasteiger partial charge in [-0.2, -0.15) is 4.74 Å². The van der Waals surface area contributed by atoms with Crippen LogP contribution in [0.15, 0.2) is 48.5 Å². The SMILES string of the molecule is CC(=O)Oc1ccc([N+]([O-])=Cc2ccc(Cl)cc2)cc1. The summed E-state index contributed by atoms with van der Waals surface area (Å²) in [6, 6.07) is 13.2. The second kappa shape index (κ2) is 6.21. The van der Waals surface area contributed by atoms with Crippen LogP contribution in [0.5, 0.6) is 5.75 Å². The summed E-state index contributed by atoms with van der Waals surface area (Å²) in [7, 11) is 0. The molecule has 0 saturated heterocycles. The first kappa shape index (κ1) is 14.1. The van der Waals surface area contributed by atoms with Gasteiger partial charge in [-0.3, -0.25) is 4.79 Å². The van der Waals surface area contributed by atoms with Crippen LogP contribution in [-0.2, 0) is 4.79 Å². The first-order chi connectivity index (χ1) is 9.54. The van der Waals surface area contributed by atoms with Crippen molar-refractivity contribution in [3.63, 3.8) is 0 Å². The fourth-order valence-corrected chi connectivity index (χ4v) is 1.71. The van der Waals surface area contributed by atoms with Gasteiger partial charge in [-0.05, 0) is 36.4 Å². The molecule has 2 aromatic rings. The lowest BCUT2D eigenvalue weighted by molar-refractivity contribution is -0.354. The summed E-state index contributed by atoms with van der Waals surface area (Å²) in [6.07, 6.45) is 1.44. The number of hydrogen-bond acceptors (Lipinski definition) is 3. The molecular formula is C15H12ClNO3. The third-order valence-corrected chi connectivity index (χ3v) is 2.74. The molecule has 2 aromatic carbocycles. The summed E-state index contributed by atoms with van der Waals surface area (Å²) in [4.78, 5) is 10.8. The number of esters is 1. The van der Waals surface area contributed by atoms with Gasteiger partial charge in [0.2, 0.25) is 5.69 Å². The van der Waals surface area contributed by atoms with Crippen molar-refractivity contribution in [2.75, 3.05) is 0 Å². The zero-order valence-electron chi connectivity index (χ0n) is 10.7. The number of halogens is 1. The number of hydrogen-bond donors (Lipinski definition) is 0. The van der Waals surface area contributed by atoms with Gasteiger partial charge in [0.05, 0.1) is 0 Å². The quantitative estimate of drug-likeness (QED) is 0.217. The summed E-state index contributed by atoms with van der Waals surface area (Å²) in [6.45, 7) is 1.32. The van der Waals surface area contributed by atoms with Gasteiger partial charge < -0.3 is 9.94 Å². The van der Waals surface area contributed by atoms with Gasteiger partial charge in [0.25, 0.3) is 0 Å². The minimum absolute atomic E-state index is 0.399. The molecule has 0 aliphatic carbocycles. The van der Waals surface area contributed by atoms with Crippen LogP contribution in [0.25, 0.3) is 0 Å². The number of benzene rings is 2. The van der Waals surface area contributed by atoms with E-state index in [0.29, 0.717) is 16.5 Å². The average molecular weight is 290 g/mol. The number of carbonyl (C=O) groups is 1. The van der Waals surface area contributed by atoms with E-state index in [2.05, 4.69) is 0 Å². The second-order valence-corrected chi connectivity index (χ2v) is 4.53. The topological polar surface area (TPSA) is 52.4 Å². The van der Waals surface area contributed by atoms with Gasteiger partial charge in [-0.25, -0.2) is 0 Å². The molecule has 0 heterocycles. The molecule has 20 heavy (non-hydrogen) atoms. The predicted molar refractivity (Wildman–Crippen MR) is 77.7 cm³/mol. The van der Waals surface area contributed by atoms with Crippen molar-refractivity contribution in [2.24, 2.45) is 0 Å². The van der Waals surface area contributed by atoms with Gasteiger partial charge in [0.1, 0.15) is 5.75 Å². The highest BCUT2D eigenvalue weighted by Crippen LogP contribution is 2.18. The minimum atomic E-state index is -0.399. The van der Waals surface area contributed by atoms with Crippen LogP contribution in [0, 0.1) is 5.21 Å². The summed E-state index contributed by atoms with van der Waals surface area (Å²) < 4.78 is 5.63. The third kappa shape index (κ3) is 3.83. The summed E-state index contributed by atoms with van der Waals surface area (Å²) >= 11 is 5.78. The molecular weight excluding hydrogens is 278 g/mol. The van der Waals surface area contributed by atoms with Crippen LogP contribution in [0.4, 0.5) is 5.69 Å². The fraction of sp³-hybridized carbons (Fsp3) is 0.0667. The van der Waals surface area contributed by atoms with Crippen LogP contribution in [0.1, 0.15) is 12.5 Å². The monoisotopic (exact) mass is 289 g/mol. The van der Waals surface area contributed by atoms with E-state index in [1.807, 2.05) is 0 Å². The molecule has 0 spiro atoms. The van der Waals surface area contributed by atoms with Crippen molar-refractivity contribution in [3.05, 3.63) is 64.3 Å². The Kier molecular flexibility index (Phi) is 4.38. The predicted octanol–water partition coefficient (Wildman–Crippen LogP) is 3.53. The number of nitrogens with zero attached hydrogens (tertiary/aromatic N) is 1. The Hall–Kier alpha value is -2.33. The van der Waals surface area contributed by atoms with Crippen LogP contribution >= 0.6 is 11.6 Å². The molecule has 102 valence electrons. The molecule has 0 aromatic heterocycles. The summed E-state index contributed by atoms with van der Waals surface area (Å²) in [5.41, 5.74) is 1.18. The van der Waals surface area contributed by atoms with Crippen molar-refractivity contribution in [1.82, 2.24) is 0 Å². The summed E-state index contributed by atoms with van der Waals surface area (Å²) in [5, 5.41) is 12.6. The van der Waals surface area contributed by atoms with Crippen LogP contribution < -0.4 is 4.74 Å². The highest BCUT2D eigenvalue weighted by molar-refractivity contribution is 6.30. The van der Waals surface area contributed by atoms with E-state index in [1.165, 1.54) is 13.1 Å². The van der Waals surface area contributed by atoms with Crippen molar-refractivity contribution < 1.29 is 14.3 Å². The Morgan fingerprint density at radius 3 is 2.30 bits per heavy atom. The van der Waals surface area contributed by atoms with Gasteiger partial charge >= 0.3 is 5.97 Å². The molecule has 4 nitrogen and oxygen atoms in total. The Morgan fingerprint density at radius 2 is 1.75 bits per heavy atom. The fourth-order valence-electron chi connectivity index (χ4n) is 1.59. The molecule has 0 bridgehead atoms. The Bertz CT molecular complexity index is 633. The van der Waals surface area contributed by atoms with E-state index < -0.39 is 5.97 Å². The van der Waals surface area contributed by atoms with E-state index >= 15 is 0 Å². The molecule has 2 rings (SSSR count). The van der Waals surface area contributed by atoms with Gasteiger partial charge in [0.15, 0.2) is 6.21 Å². The Labute approximate surface area is 121 Å². The lowest BCUT2D eigenvalue weighted by Gasteiger charge is -2.04. The zero-order chi connectivity index (χ0) is 14.5. The van der Waals surface area contributed by atoms with Crippen molar-refractivity contribution in [3.8, 4) is 5.75 Å². The van der Waals surface area contributed by atoms with E-state index in [1.54, 1.807) is 48.5 Å². The van der Waals surface area contributed by atoms with Crippen molar-refractivity contribution in [1.29, 1.82) is 0 Å². The van der Waals surface area contributed by atoms with Gasteiger partial charge in [-0.15, -0.1) is 0 Å². The highest BCUT2D eigenvalue weighted by atomic mass is 35.5. The highest BCUT2D eigenvalue weighted by Gasteiger charge is 2.04. The normalized spacial score (nSPS) is 11.2. The first-order valence-corrected chi connectivity index (χ1v) is 6.28. The molecule has 0 fully saturated rings. The van der Waals surface area contributed by atoms with E-state index in [0.717, 1.165) is 10.3 Å². The minimum Gasteiger partial charge on any atom is -0.618 e. The van der Waals surface area contributed by atoms with Crippen molar-refractivity contribution in [2.45, 2.75) is 6.92 Å². The molecule has 5 heteroatoms. The molecule has 0 unspecified atom stereocenters. The van der Waals surface area contributed by atoms with E-state index in [-0.39, 0.29) is 0 Å². The Balaban J connectivity index is 2.18. The molecule has 0 radical (unpaired) electrons. The maximum Gasteiger partial charge on any atom is 0.308 e. The largest absolute Gasteiger partial charge is 0.618 e. The van der Waals surface area contributed by atoms with Crippen molar-refractivity contribution >= 4 is 29.5 Å². The van der Waals surface area contributed by atoms with Crippen LogP contribution in [0.3, 0.4) is 0 Å². The lowest BCUT2D eigenvalue weighted by Crippen LogP contribution is -2.02. The number of carbonyl (C=O) groups excluding carboxylic acids is 1. The van der Waals surface area contributed by atoms with Gasteiger partial charge in [-0.1, -0.05) is 11.6 Å². The smallest absolute Gasteiger partial charge is 0.308 e. The number of ether oxygens (including phenoxy) is 1. The Morgan fingerprint density at radius 1 is 1.15 bits per heavy atom. The molecule has 0 aliphatic rings. The van der Waals surface area contributed by atoms with E-state index in [9.17, 15) is 10.0 Å². The molecule has 0 aliphatic heterocycles. The van der Waals surface area contributed by atoms with Crippen LogP contribution in [-0.4, -0.2) is 16.9 Å².